The summed E-state index contributed by atoms with van der Waals surface area (Å²) in [6.45, 7) is 0.0599. The second kappa shape index (κ2) is 7.43. The molecule has 2 atom stereocenters. The van der Waals surface area contributed by atoms with Crippen LogP contribution in [0.3, 0.4) is 0 Å². The molecule has 0 heterocycles. The maximum atomic E-state index is 11.9. The van der Waals surface area contributed by atoms with E-state index in [1.54, 1.807) is 24.3 Å². The first-order valence-corrected chi connectivity index (χ1v) is 8.26. The summed E-state index contributed by atoms with van der Waals surface area (Å²) < 4.78 is 5.44. The van der Waals surface area contributed by atoms with Crippen molar-refractivity contribution in [1.82, 2.24) is 5.32 Å². The molecular formula is C15H22N2O2S. The van der Waals surface area contributed by atoms with Gasteiger partial charge in [0.25, 0.3) is 5.91 Å². The average Bonchev–Trinajstić information content (AvgIpc) is 2.47. The lowest BCUT2D eigenvalue weighted by atomic mass is 9.95. The summed E-state index contributed by atoms with van der Waals surface area (Å²) in [5.74, 6) is 0.619. The van der Waals surface area contributed by atoms with Crippen LogP contribution in [0.5, 0.6) is 5.75 Å². The van der Waals surface area contributed by atoms with Crippen molar-refractivity contribution in [3.05, 3.63) is 24.3 Å². The Morgan fingerprint density at radius 3 is 2.85 bits per heavy atom. The van der Waals surface area contributed by atoms with Gasteiger partial charge in [-0.15, -0.1) is 0 Å². The van der Waals surface area contributed by atoms with Gasteiger partial charge in [-0.05, 0) is 49.8 Å². The van der Waals surface area contributed by atoms with Crippen molar-refractivity contribution in [1.29, 1.82) is 0 Å². The van der Waals surface area contributed by atoms with Gasteiger partial charge in [0.05, 0.1) is 0 Å². The smallest absolute Gasteiger partial charge is 0.258 e. The summed E-state index contributed by atoms with van der Waals surface area (Å²) in [4.78, 5) is 11.9. The third kappa shape index (κ3) is 4.63. The zero-order chi connectivity index (χ0) is 14.4. The van der Waals surface area contributed by atoms with Gasteiger partial charge in [-0.2, -0.15) is 11.8 Å². The second-order valence-corrected chi connectivity index (χ2v) is 6.28. The molecule has 3 N–H and O–H groups in total. The Labute approximate surface area is 124 Å². The summed E-state index contributed by atoms with van der Waals surface area (Å²) >= 11 is 1.89. The van der Waals surface area contributed by atoms with Gasteiger partial charge in [-0.3, -0.25) is 4.79 Å². The van der Waals surface area contributed by atoms with Crippen molar-refractivity contribution in [2.75, 3.05) is 18.6 Å². The van der Waals surface area contributed by atoms with Crippen molar-refractivity contribution < 1.29 is 9.53 Å². The first kappa shape index (κ1) is 15.0. The molecule has 0 radical (unpaired) electrons. The largest absolute Gasteiger partial charge is 0.484 e. The molecule has 0 saturated heterocycles. The molecule has 1 aromatic carbocycles. The fourth-order valence-corrected chi connectivity index (χ4v) is 3.30. The van der Waals surface area contributed by atoms with Crippen molar-refractivity contribution in [2.45, 2.75) is 37.0 Å². The number of rotatable bonds is 5. The molecule has 1 aliphatic carbocycles. The standard InChI is InChI=1S/C15H22N2O2S/c1-20-14-4-2-3-12(9-14)17-15(18)10-19-13-7-5-11(16)6-8-13/h5-8,12,14H,2-4,9-10,16H2,1H3,(H,17,18). The predicted octanol–water partition coefficient (Wildman–Crippen LogP) is 2.44. The Bertz CT molecular complexity index is 436. The number of thioether (sulfide) groups is 1. The van der Waals surface area contributed by atoms with E-state index in [1.807, 2.05) is 11.8 Å². The number of amides is 1. The van der Waals surface area contributed by atoms with E-state index in [4.69, 9.17) is 10.5 Å². The Kier molecular flexibility index (Phi) is 5.59. The zero-order valence-electron chi connectivity index (χ0n) is 11.8. The summed E-state index contributed by atoms with van der Waals surface area (Å²) in [5.41, 5.74) is 6.28. The van der Waals surface area contributed by atoms with E-state index in [2.05, 4.69) is 11.6 Å². The lowest BCUT2D eigenvalue weighted by Gasteiger charge is -2.28. The van der Waals surface area contributed by atoms with E-state index < -0.39 is 0 Å². The number of nitrogens with one attached hydrogen (secondary N) is 1. The summed E-state index contributed by atoms with van der Waals surface area (Å²) in [7, 11) is 0. The second-order valence-electron chi connectivity index (χ2n) is 5.15. The van der Waals surface area contributed by atoms with E-state index in [1.165, 1.54) is 12.8 Å². The summed E-state index contributed by atoms with van der Waals surface area (Å²) in [6.07, 6.45) is 6.73. The van der Waals surface area contributed by atoms with Gasteiger partial charge in [0.1, 0.15) is 5.75 Å². The SMILES string of the molecule is CSC1CCCC(NC(=O)COc2ccc(N)cc2)C1. The van der Waals surface area contributed by atoms with Crippen LogP contribution in [0.4, 0.5) is 5.69 Å². The molecule has 5 heteroatoms. The topological polar surface area (TPSA) is 64.3 Å². The maximum Gasteiger partial charge on any atom is 0.258 e. The molecule has 1 aliphatic rings. The monoisotopic (exact) mass is 294 g/mol. The molecule has 4 nitrogen and oxygen atoms in total. The van der Waals surface area contributed by atoms with Crippen LogP contribution in [0, 0.1) is 0 Å². The highest BCUT2D eigenvalue weighted by Crippen LogP contribution is 2.26. The van der Waals surface area contributed by atoms with Gasteiger partial charge in [-0.1, -0.05) is 6.42 Å². The molecule has 0 aromatic heterocycles. The first-order valence-electron chi connectivity index (χ1n) is 6.98. The van der Waals surface area contributed by atoms with Crippen LogP contribution in [-0.2, 0) is 4.79 Å². The number of benzene rings is 1. The van der Waals surface area contributed by atoms with Gasteiger partial charge in [0.2, 0.25) is 0 Å². The fourth-order valence-electron chi connectivity index (χ4n) is 2.47. The van der Waals surface area contributed by atoms with Crippen LogP contribution in [0.25, 0.3) is 0 Å². The van der Waals surface area contributed by atoms with Crippen molar-refractivity contribution in [3.63, 3.8) is 0 Å². The van der Waals surface area contributed by atoms with E-state index >= 15 is 0 Å². The van der Waals surface area contributed by atoms with Crippen LogP contribution in [-0.4, -0.2) is 30.1 Å². The van der Waals surface area contributed by atoms with Crippen molar-refractivity contribution in [2.24, 2.45) is 0 Å². The minimum Gasteiger partial charge on any atom is -0.484 e. The fraction of sp³-hybridized carbons (Fsp3) is 0.533. The molecule has 0 aliphatic heterocycles. The van der Waals surface area contributed by atoms with Crippen molar-refractivity contribution in [3.8, 4) is 5.75 Å². The van der Waals surface area contributed by atoms with E-state index in [9.17, 15) is 4.79 Å². The highest BCUT2D eigenvalue weighted by Gasteiger charge is 2.22. The van der Waals surface area contributed by atoms with Crippen LogP contribution in [0.2, 0.25) is 0 Å². The first-order chi connectivity index (χ1) is 9.67. The van der Waals surface area contributed by atoms with Crippen molar-refractivity contribution >= 4 is 23.4 Å². The predicted molar refractivity (Wildman–Crippen MR) is 84.1 cm³/mol. The lowest BCUT2D eigenvalue weighted by molar-refractivity contribution is -0.124. The molecule has 0 spiro atoms. The van der Waals surface area contributed by atoms with E-state index in [0.29, 0.717) is 22.7 Å². The third-order valence-corrected chi connectivity index (χ3v) is 4.67. The minimum absolute atomic E-state index is 0.0476. The highest BCUT2D eigenvalue weighted by molar-refractivity contribution is 7.99. The van der Waals surface area contributed by atoms with Gasteiger partial charge >= 0.3 is 0 Å². The number of anilines is 1. The number of carbonyl (C=O) groups excluding carboxylic acids is 1. The number of carbonyl (C=O) groups is 1. The molecular weight excluding hydrogens is 272 g/mol. The Morgan fingerprint density at radius 2 is 2.15 bits per heavy atom. The van der Waals surface area contributed by atoms with Crippen LogP contribution in [0.1, 0.15) is 25.7 Å². The van der Waals surface area contributed by atoms with Crippen LogP contribution >= 0.6 is 11.8 Å². The quantitative estimate of drug-likeness (QED) is 0.819. The molecule has 1 aromatic rings. The molecule has 2 unspecified atom stereocenters. The molecule has 1 amide bonds. The van der Waals surface area contributed by atoms with Gasteiger partial charge < -0.3 is 15.8 Å². The maximum absolute atomic E-state index is 11.9. The molecule has 110 valence electrons. The Hall–Kier alpha value is -1.36. The number of nitrogen functional groups attached to an aromatic ring is 1. The van der Waals surface area contributed by atoms with Gasteiger partial charge in [-0.25, -0.2) is 0 Å². The summed E-state index contributed by atoms with van der Waals surface area (Å²) in [5, 5.41) is 3.74. The van der Waals surface area contributed by atoms with Gasteiger partial charge in [0, 0.05) is 17.0 Å². The average molecular weight is 294 g/mol. The van der Waals surface area contributed by atoms with E-state index in [-0.39, 0.29) is 12.5 Å². The minimum atomic E-state index is -0.0476. The molecule has 1 fully saturated rings. The van der Waals surface area contributed by atoms with Crippen LogP contribution in [0.15, 0.2) is 24.3 Å². The normalized spacial score (nSPS) is 22.2. The molecule has 20 heavy (non-hydrogen) atoms. The molecule has 2 rings (SSSR count). The molecule has 0 bridgehead atoms. The van der Waals surface area contributed by atoms with E-state index in [0.717, 1.165) is 12.8 Å². The van der Waals surface area contributed by atoms with Crippen LogP contribution < -0.4 is 15.8 Å². The number of ether oxygens (including phenoxy) is 1. The third-order valence-electron chi connectivity index (χ3n) is 3.57. The Morgan fingerprint density at radius 1 is 1.40 bits per heavy atom. The zero-order valence-corrected chi connectivity index (χ0v) is 12.6. The Balaban J connectivity index is 1.73. The number of nitrogens with two attached hydrogens (primary N) is 1. The molecule has 1 saturated carbocycles. The van der Waals surface area contributed by atoms with Gasteiger partial charge in [0.15, 0.2) is 6.61 Å². The number of hydrogen-bond donors (Lipinski definition) is 2. The number of hydrogen-bond acceptors (Lipinski definition) is 4. The summed E-state index contributed by atoms with van der Waals surface area (Å²) in [6, 6.07) is 7.36. The lowest BCUT2D eigenvalue weighted by Crippen LogP contribution is -2.41. The highest BCUT2D eigenvalue weighted by atomic mass is 32.2.